The molecule has 0 unspecified atom stereocenters. The minimum absolute atomic E-state index is 0.0337. The third kappa shape index (κ3) is 3.04. The number of hydrogen-bond donors (Lipinski definition) is 1. The summed E-state index contributed by atoms with van der Waals surface area (Å²) in [5.41, 5.74) is 1.38. The molecule has 0 saturated carbocycles. The van der Waals surface area contributed by atoms with E-state index >= 15 is 0 Å². The van der Waals surface area contributed by atoms with E-state index in [4.69, 9.17) is 0 Å². The smallest absolute Gasteiger partial charge is 0.274 e. The summed E-state index contributed by atoms with van der Waals surface area (Å²) in [4.78, 5) is 32.8. The van der Waals surface area contributed by atoms with Crippen LogP contribution in [0.5, 0.6) is 0 Å². The summed E-state index contributed by atoms with van der Waals surface area (Å²) in [7, 11) is 5.24. The van der Waals surface area contributed by atoms with Gasteiger partial charge in [-0.2, -0.15) is 10.1 Å². The second-order valence-electron chi connectivity index (χ2n) is 6.82. The van der Waals surface area contributed by atoms with Crippen LogP contribution >= 0.6 is 0 Å². The number of aromatic nitrogens is 5. The summed E-state index contributed by atoms with van der Waals surface area (Å²) in [5, 5.41) is 11.1. The van der Waals surface area contributed by atoms with Gasteiger partial charge in [0.15, 0.2) is 5.65 Å². The lowest BCUT2D eigenvalue weighted by Gasteiger charge is -2.34. The van der Waals surface area contributed by atoms with E-state index in [-0.39, 0.29) is 24.3 Å². The summed E-state index contributed by atoms with van der Waals surface area (Å²) < 4.78 is 15.9. The van der Waals surface area contributed by atoms with Crippen LogP contribution in [0.15, 0.2) is 24.5 Å². The largest absolute Gasteiger partial charge is 0.346 e. The number of anilines is 2. The summed E-state index contributed by atoms with van der Waals surface area (Å²) in [6, 6.07) is 3.43. The molecule has 1 N–H and O–H groups in total. The molecule has 4 rings (SSSR count). The van der Waals surface area contributed by atoms with Gasteiger partial charge in [-0.25, -0.2) is 8.91 Å². The maximum Gasteiger partial charge on any atom is 0.274 e. The van der Waals surface area contributed by atoms with Crippen LogP contribution in [0.2, 0.25) is 0 Å². The van der Waals surface area contributed by atoms with Crippen LogP contribution in [0.1, 0.15) is 20.8 Å². The SMILES string of the molecule is CN(C)c1nc2ccc(NC(=O)c3c(C(=O)N4CC(F)C4)cnn3C)cn2n1. The van der Waals surface area contributed by atoms with Crippen molar-refractivity contribution in [1.29, 1.82) is 0 Å². The highest BCUT2D eigenvalue weighted by atomic mass is 19.1. The van der Waals surface area contributed by atoms with Gasteiger partial charge in [-0.1, -0.05) is 0 Å². The van der Waals surface area contributed by atoms with Crippen molar-refractivity contribution in [2.75, 3.05) is 37.4 Å². The van der Waals surface area contributed by atoms with Crippen LogP contribution in [-0.4, -0.2) is 74.4 Å². The summed E-state index contributed by atoms with van der Waals surface area (Å²) in [6.45, 7) is 0.0674. The topological polar surface area (TPSA) is 101 Å². The first-order valence-electron chi connectivity index (χ1n) is 8.64. The number of aryl methyl sites for hydroxylation is 1. The fourth-order valence-electron chi connectivity index (χ4n) is 2.95. The van der Waals surface area contributed by atoms with Crippen LogP contribution in [0.25, 0.3) is 5.65 Å². The van der Waals surface area contributed by atoms with Gasteiger partial charge in [0.1, 0.15) is 11.9 Å². The average Bonchev–Trinajstić information content (AvgIpc) is 3.21. The van der Waals surface area contributed by atoms with Crippen molar-refractivity contribution in [3.63, 3.8) is 0 Å². The zero-order chi connectivity index (χ0) is 20.0. The molecule has 1 aliphatic rings. The number of halogens is 1. The van der Waals surface area contributed by atoms with Crippen LogP contribution in [0.3, 0.4) is 0 Å². The summed E-state index contributed by atoms with van der Waals surface area (Å²) in [5.74, 6) is -0.355. The Balaban J connectivity index is 1.58. The van der Waals surface area contributed by atoms with E-state index in [1.54, 1.807) is 34.8 Å². The molecule has 1 saturated heterocycles. The number of nitrogens with one attached hydrogen (secondary N) is 1. The van der Waals surface area contributed by atoms with Gasteiger partial charge in [0.25, 0.3) is 11.8 Å². The molecule has 28 heavy (non-hydrogen) atoms. The molecule has 0 atom stereocenters. The maximum atomic E-state index is 13.1. The fourth-order valence-corrected chi connectivity index (χ4v) is 2.95. The summed E-state index contributed by atoms with van der Waals surface area (Å²) in [6.07, 6.45) is 1.94. The molecule has 0 radical (unpaired) electrons. The quantitative estimate of drug-likeness (QED) is 0.704. The third-order valence-electron chi connectivity index (χ3n) is 4.49. The third-order valence-corrected chi connectivity index (χ3v) is 4.49. The molecule has 0 bridgehead atoms. The Hall–Kier alpha value is -3.50. The first kappa shape index (κ1) is 17.9. The molecule has 0 aliphatic carbocycles. The number of hydrogen-bond acceptors (Lipinski definition) is 6. The van der Waals surface area contributed by atoms with Crippen molar-refractivity contribution in [2.45, 2.75) is 6.17 Å². The zero-order valence-corrected chi connectivity index (χ0v) is 15.6. The van der Waals surface area contributed by atoms with E-state index in [9.17, 15) is 14.0 Å². The number of carbonyl (C=O) groups excluding carboxylic acids is 2. The minimum Gasteiger partial charge on any atom is -0.346 e. The van der Waals surface area contributed by atoms with Crippen molar-refractivity contribution >= 4 is 29.1 Å². The summed E-state index contributed by atoms with van der Waals surface area (Å²) >= 11 is 0. The maximum absolute atomic E-state index is 13.1. The Morgan fingerprint density at radius 3 is 2.71 bits per heavy atom. The van der Waals surface area contributed by atoms with Gasteiger partial charge in [-0.3, -0.25) is 14.3 Å². The molecule has 11 heteroatoms. The number of likely N-dealkylation sites (tertiary alicyclic amines) is 1. The first-order valence-corrected chi connectivity index (χ1v) is 8.64. The van der Waals surface area contributed by atoms with Crippen LogP contribution in [-0.2, 0) is 7.05 Å². The van der Waals surface area contributed by atoms with E-state index in [2.05, 4.69) is 20.5 Å². The Morgan fingerprint density at radius 1 is 1.29 bits per heavy atom. The monoisotopic (exact) mass is 386 g/mol. The van der Waals surface area contributed by atoms with Gasteiger partial charge in [0.05, 0.1) is 36.7 Å². The number of carbonyl (C=O) groups is 2. The van der Waals surface area contributed by atoms with Crippen LogP contribution in [0.4, 0.5) is 16.0 Å². The highest BCUT2D eigenvalue weighted by molar-refractivity contribution is 6.11. The number of amides is 2. The van der Waals surface area contributed by atoms with Crippen LogP contribution in [0, 0.1) is 0 Å². The lowest BCUT2D eigenvalue weighted by molar-refractivity contribution is 0.0398. The van der Waals surface area contributed by atoms with Gasteiger partial charge < -0.3 is 15.1 Å². The molecule has 0 spiro atoms. The van der Waals surface area contributed by atoms with Gasteiger partial charge in [0, 0.05) is 21.1 Å². The number of rotatable bonds is 4. The van der Waals surface area contributed by atoms with E-state index in [1.807, 2.05) is 14.1 Å². The Kier molecular flexibility index (Phi) is 4.21. The standard InChI is InChI=1S/C17H19FN8O2/c1-23(2)17-21-13-5-4-11(9-26(13)22-17)20-15(27)14-12(6-19-24(14)3)16(28)25-7-10(18)8-25/h4-6,9-10H,7-8H2,1-3H3,(H,20,27). The van der Waals surface area contributed by atoms with E-state index in [1.165, 1.54) is 15.8 Å². The molecule has 146 valence electrons. The Bertz CT molecular complexity index is 1070. The van der Waals surface area contributed by atoms with E-state index in [0.717, 1.165) is 0 Å². The molecular formula is C17H19FN8O2. The predicted octanol–water partition coefficient (Wildman–Crippen LogP) is 0.575. The first-order chi connectivity index (χ1) is 13.3. The van der Waals surface area contributed by atoms with Gasteiger partial charge in [0.2, 0.25) is 5.95 Å². The fraction of sp³-hybridized carbons (Fsp3) is 0.353. The minimum atomic E-state index is -1.01. The average molecular weight is 386 g/mol. The van der Waals surface area contributed by atoms with Gasteiger partial charge >= 0.3 is 0 Å². The molecule has 3 aromatic heterocycles. The van der Waals surface area contributed by atoms with Crippen molar-refractivity contribution in [3.8, 4) is 0 Å². The van der Waals surface area contributed by atoms with E-state index in [0.29, 0.717) is 17.3 Å². The lowest BCUT2D eigenvalue weighted by atomic mass is 10.1. The molecular weight excluding hydrogens is 367 g/mol. The second kappa shape index (κ2) is 6.59. The lowest BCUT2D eigenvalue weighted by Crippen LogP contribution is -2.51. The predicted molar refractivity (Wildman–Crippen MR) is 99.3 cm³/mol. The van der Waals surface area contributed by atoms with Gasteiger partial charge in [-0.15, -0.1) is 5.10 Å². The molecule has 10 nitrogen and oxygen atoms in total. The molecule has 1 fully saturated rings. The van der Waals surface area contributed by atoms with Crippen molar-refractivity contribution in [1.82, 2.24) is 29.3 Å². The Morgan fingerprint density at radius 2 is 2.04 bits per heavy atom. The number of alkyl halides is 1. The van der Waals surface area contributed by atoms with Crippen LogP contribution < -0.4 is 10.2 Å². The molecule has 2 amide bonds. The van der Waals surface area contributed by atoms with Crippen molar-refractivity contribution < 1.29 is 14.0 Å². The molecule has 0 aromatic carbocycles. The van der Waals surface area contributed by atoms with Crippen molar-refractivity contribution in [3.05, 3.63) is 35.8 Å². The van der Waals surface area contributed by atoms with Crippen molar-refractivity contribution in [2.24, 2.45) is 7.05 Å². The second-order valence-corrected chi connectivity index (χ2v) is 6.82. The van der Waals surface area contributed by atoms with Gasteiger partial charge in [-0.05, 0) is 12.1 Å². The number of fused-ring (bicyclic) bond motifs is 1. The highest BCUT2D eigenvalue weighted by Crippen LogP contribution is 2.19. The highest BCUT2D eigenvalue weighted by Gasteiger charge is 2.34. The Labute approximate surface area is 159 Å². The van der Waals surface area contributed by atoms with E-state index < -0.39 is 18.0 Å². The normalized spacial score (nSPS) is 14.2. The number of nitrogens with zero attached hydrogens (tertiary/aromatic N) is 7. The number of pyridine rings is 1. The molecule has 3 aromatic rings. The zero-order valence-electron chi connectivity index (χ0n) is 15.6. The molecule has 4 heterocycles. The molecule has 1 aliphatic heterocycles.